The number of benzene rings is 1. The van der Waals surface area contributed by atoms with Crippen molar-refractivity contribution in [2.24, 2.45) is 7.05 Å². The number of aromatic nitrogens is 4. The quantitative estimate of drug-likeness (QED) is 0.335. The molecule has 1 atom stereocenters. The van der Waals surface area contributed by atoms with Crippen LogP contribution in [0.2, 0.25) is 0 Å². The van der Waals surface area contributed by atoms with Gasteiger partial charge in [0.1, 0.15) is 5.60 Å². The number of ether oxygens (including phenoxy) is 1. The predicted octanol–water partition coefficient (Wildman–Crippen LogP) is 3.06. The Morgan fingerprint density at radius 1 is 1.20 bits per heavy atom. The summed E-state index contributed by atoms with van der Waals surface area (Å²) in [5, 5.41) is 2.92. The summed E-state index contributed by atoms with van der Waals surface area (Å²) in [7, 11) is 1.53. The third-order valence-corrected chi connectivity index (χ3v) is 7.22. The van der Waals surface area contributed by atoms with E-state index in [1.807, 2.05) is 4.90 Å². The summed E-state index contributed by atoms with van der Waals surface area (Å²) >= 11 is 3.36. The number of fused-ring (bicyclic) bond motifs is 1. The van der Waals surface area contributed by atoms with Gasteiger partial charge in [0, 0.05) is 36.2 Å². The molecule has 1 aromatic carbocycles. The third-order valence-electron chi connectivity index (χ3n) is 6.53. The number of alkyl carbamates (subject to hydrolysis) is 1. The molecule has 0 unspecified atom stereocenters. The molecule has 0 spiro atoms. The maximum absolute atomic E-state index is 13.8. The highest BCUT2D eigenvalue weighted by Gasteiger charge is 2.29. The molecule has 4 rings (SSSR count). The van der Waals surface area contributed by atoms with Crippen LogP contribution in [0.4, 0.5) is 10.7 Å². The minimum atomic E-state index is -0.640. The number of ketones is 1. The molecule has 1 aliphatic rings. The summed E-state index contributed by atoms with van der Waals surface area (Å²) in [6, 6.07) is 6.66. The molecule has 12 heteroatoms. The number of imidazole rings is 1. The highest BCUT2D eigenvalue weighted by Crippen LogP contribution is 2.24. The molecular formula is C28H33BrN6O5. The molecule has 1 N–H and O–H groups in total. The molecule has 0 bridgehead atoms. The van der Waals surface area contributed by atoms with Gasteiger partial charge in [0.2, 0.25) is 5.95 Å². The Morgan fingerprint density at radius 3 is 2.60 bits per heavy atom. The Balaban J connectivity index is 1.75. The van der Waals surface area contributed by atoms with Gasteiger partial charge < -0.3 is 15.0 Å². The van der Waals surface area contributed by atoms with Crippen LogP contribution in [0, 0.1) is 11.8 Å². The van der Waals surface area contributed by atoms with E-state index in [-0.39, 0.29) is 29.5 Å². The van der Waals surface area contributed by atoms with Gasteiger partial charge in [0.05, 0.1) is 13.1 Å². The molecule has 1 amide bonds. The Labute approximate surface area is 240 Å². The molecular weight excluding hydrogens is 580 g/mol. The van der Waals surface area contributed by atoms with Crippen LogP contribution in [0.3, 0.4) is 0 Å². The van der Waals surface area contributed by atoms with Crippen molar-refractivity contribution in [1.29, 1.82) is 0 Å². The number of amides is 1. The monoisotopic (exact) mass is 612 g/mol. The molecule has 1 saturated heterocycles. The summed E-state index contributed by atoms with van der Waals surface area (Å²) in [5.74, 6) is 5.94. The zero-order chi connectivity index (χ0) is 29.2. The number of rotatable bonds is 6. The first-order valence-corrected chi connectivity index (χ1v) is 13.8. The number of nitrogens with one attached hydrogen (secondary N) is 1. The first kappa shape index (κ1) is 29.1. The number of Topliss-reactive ketones (excluding diaryl/α,β-unsaturated/α-hetero) is 1. The topological polar surface area (TPSA) is 120 Å². The van der Waals surface area contributed by atoms with Crippen molar-refractivity contribution in [3.8, 4) is 11.8 Å². The number of piperidine rings is 1. The van der Waals surface area contributed by atoms with Crippen LogP contribution in [-0.4, -0.2) is 55.3 Å². The van der Waals surface area contributed by atoms with Crippen LogP contribution < -0.4 is 21.5 Å². The Hall–Kier alpha value is -3.85. The van der Waals surface area contributed by atoms with Crippen molar-refractivity contribution in [1.82, 2.24) is 24.0 Å². The summed E-state index contributed by atoms with van der Waals surface area (Å²) in [5.41, 5.74) is -1.11. The number of nitrogens with zero attached hydrogens (tertiary/aromatic N) is 5. The molecule has 3 aromatic rings. The average molecular weight is 614 g/mol. The van der Waals surface area contributed by atoms with E-state index in [1.165, 1.54) is 11.6 Å². The van der Waals surface area contributed by atoms with Gasteiger partial charge in [-0.25, -0.2) is 9.59 Å². The summed E-state index contributed by atoms with van der Waals surface area (Å²) in [6.45, 7) is 7.93. The zero-order valence-electron chi connectivity index (χ0n) is 23.3. The highest BCUT2D eigenvalue weighted by atomic mass is 79.9. The SMILES string of the molecule is CC#CCn1c(N2CCC[C@@H](NC(=O)OC(C)(C)C)C2)nc2c1c(=O)n(CC(=O)c1ccccc1Br)c(=O)n2C. The van der Waals surface area contributed by atoms with Crippen LogP contribution in [-0.2, 0) is 24.9 Å². The van der Waals surface area contributed by atoms with E-state index in [2.05, 4.69) is 33.1 Å². The van der Waals surface area contributed by atoms with Crippen LogP contribution in [0.25, 0.3) is 11.2 Å². The van der Waals surface area contributed by atoms with Crippen molar-refractivity contribution in [2.45, 2.75) is 65.3 Å². The minimum Gasteiger partial charge on any atom is -0.444 e. The van der Waals surface area contributed by atoms with E-state index in [4.69, 9.17) is 9.72 Å². The molecule has 0 aliphatic carbocycles. The fraction of sp³-hybridized carbons (Fsp3) is 0.464. The normalized spacial score (nSPS) is 15.4. The van der Waals surface area contributed by atoms with Crippen LogP contribution >= 0.6 is 15.9 Å². The first-order chi connectivity index (χ1) is 18.9. The molecule has 212 valence electrons. The number of anilines is 1. The lowest BCUT2D eigenvalue weighted by molar-refractivity contribution is 0.0499. The predicted molar refractivity (Wildman–Crippen MR) is 156 cm³/mol. The van der Waals surface area contributed by atoms with E-state index >= 15 is 0 Å². The van der Waals surface area contributed by atoms with Gasteiger partial charge in [0.25, 0.3) is 5.56 Å². The molecule has 1 fully saturated rings. The van der Waals surface area contributed by atoms with Gasteiger partial charge in [-0.3, -0.25) is 23.3 Å². The van der Waals surface area contributed by atoms with Crippen LogP contribution in [0.1, 0.15) is 50.9 Å². The Morgan fingerprint density at radius 2 is 1.93 bits per heavy atom. The molecule has 40 heavy (non-hydrogen) atoms. The highest BCUT2D eigenvalue weighted by molar-refractivity contribution is 9.10. The molecule has 3 heterocycles. The first-order valence-electron chi connectivity index (χ1n) is 13.0. The molecule has 0 radical (unpaired) electrons. The number of hydrogen-bond donors (Lipinski definition) is 1. The largest absolute Gasteiger partial charge is 0.444 e. The van der Waals surface area contributed by atoms with Crippen LogP contribution in [0.5, 0.6) is 0 Å². The average Bonchev–Trinajstić information content (AvgIpc) is 3.27. The Bertz CT molecular complexity index is 1640. The lowest BCUT2D eigenvalue weighted by atomic mass is 10.1. The van der Waals surface area contributed by atoms with Gasteiger partial charge in [0.15, 0.2) is 16.9 Å². The number of hydrogen-bond acceptors (Lipinski definition) is 7. The van der Waals surface area contributed by atoms with Gasteiger partial charge in [-0.15, -0.1) is 5.92 Å². The maximum atomic E-state index is 13.8. The van der Waals surface area contributed by atoms with Crippen molar-refractivity contribution in [3.05, 3.63) is 55.1 Å². The third kappa shape index (κ3) is 6.14. The second kappa shape index (κ2) is 11.7. The van der Waals surface area contributed by atoms with E-state index in [0.717, 1.165) is 17.4 Å². The summed E-state index contributed by atoms with van der Waals surface area (Å²) in [4.78, 5) is 59.2. The van der Waals surface area contributed by atoms with E-state index in [9.17, 15) is 19.2 Å². The summed E-state index contributed by atoms with van der Waals surface area (Å²) in [6.07, 6.45) is 1.03. The van der Waals surface area contributed by atoms with Crippen molar-refractivity contribution < 1.29 is 14.3 Å². The summed E-state index contributed by atoms with van der Waals surface area (Å²) < 4.78 is 9.90. The van der Waals surface area contributed by atoms with Gasteiger partial charge >= 0.3 is 11.8 Å². The fourth-order valence-electron chi connectivity index (χ4n) is 4.72. The van der Waals surface area contributed by atoms with E-state index < -0.39 is 29.5 Å². The van der Waals surface area contributed by atoms with Crippen LogP contribution in [0.15, 0.2) is 38.3 Å². The van der Waals surface area contributed by atoms with Gasteiger partial charge in [-0.05, 0) is 46.6 Å². The van der Waals surface area contributed by atoms with Crippen molar-refractivity contribution >= 4 is 44.9 Å². The standard InChI is InChI=1S/C28H33BrN6O5/c1-6-7-15-34-22-23(31-25(34)33-14-10-11-18(16-33)30-26(38)40-28(2,3)4)32(5)27(39)35(24(22)37)17-21(36)19-12-8-9-13-20(19)29/h8-9,12-13,18H,10-11,14-17H2,1-5H3,(H,30,38)/t18-/m1/s1. The minimum absolute atomic E-state index is 0.161. The lowest BCUT2D eigenvalue weighted by Crippen LogP contribution is -2.49. The second-order valence-electron chi connectivity index (χ2n) is 10.7. The van der Waals surface area contributed by atoms with Crippen molar-refractivity contribution in [3.63, 3.8) is 0 Å². The number of carbonyl (C=O) groups excluding carboxylic acids is 2. The smallest absolute Gasteiger partial charge is 0.407 e. The molecule has 2 aromatic heterocycles. The molecule has 1 aliphatic heterocycles. The number of carbonyl (C=O) groups is 2. The maximum Gasteiger partial charge on any atom is 0.407 e. The van der Waals surface area contributed by atoms with Crippen molar-refractivity contribution in [2.75, 3.05) is 18.0 Å². The number of halogens is 1. The zero-order valence-corrected chi connectivity index (χ0v) is 24.9. The van der Waals surface area contributed by atoms with Gasteiger partial charge in [-0.2, -0.15) is 4.98 Å². The fourth-order valence-corrected chi connectivity index (χ4v) is 5.22. The molecule has 11 nitrogen and oxygen atoms in total. The van der Waals surface area contributed by atoms with E-state index in [1.54, 1.807) is 56.5 Å². The van der Waals surface area contributed by atoms with E-state index in [0.29, 0.717) is 29.1 Å². The second-order valence-corrected chi connectivity index (χ2v) is 11.5. The molecule has 0 saturated carbocycles. The van der Waals surface area contributed by atoms with Gasteiger partial charge in [-0.1, -0.05) is 40.0 Å². The Kier molecular flexibility index (Phi) is 8.54. The lowest BCUT2D eigenvalue weighted by Gasteiger charge is -2.34. The number of aryl methyl sites for hydroxylation is 1.